The number of hydrogen-bond donors (Lipinski definition) is 2. The summed E-state index contributed by atoms with van der Waals surface area (Å²) in [6, 6.07) is 17.4. The van der Waals surface area contributed by atoms with E-state index in [1.54, 1.807) is 36.4 Å². The first-order valence-electron chi connectivity index (χ1n) is 12.8. The van der Waals surface area contributed by atoms with Gasteiger partial charge < -0.3 is 15.2 Å². The molecule has 0 aromatic heterocycles. The van der Waals surface area contributed by atoms with Crippen molar-refractivity contribution in [2.24, 2.45) is 0 Å². The Morgan fingerprint density at radius 1 is 0.974 bits per heavy atom. The minimum atomic E-state index is -4.45. The predicted molar refractivity (Wildman–Crippen MR) is 147 cm³/mol. The van der Waals surface area contributed by atoms with Gasteiger partial charge in [-0.2, -0.15) is 13.2 Å². The van der Waals surface area contributed by atoms with Crippen LogP contribution < -0.4 is 10.1 Å². The van der Waals surface area contributed by atoms with Gasteiger partial charge in [-0.15, -0.1) is 0 Å². The minimum Gasteiger partial charge on any atom is -0.491 e. The van der Waals surface area contributed by atoms with Crippen molar-refractivity contribution in [1.82, 2.24) is 0 Å². The number of benzene rings is 3. The average Bonchev–Trinajstić information content (AvgIpc) is 2.90. The number of Topliss-reactive ketones (excluding diaryl/α,β-unsaturated/α-hetero) is 1. The summed E-state index contributed by atoms with van der Waals surface area (Å²) in [5.74, 6) is -0.385. The third-order valence-electron chi connectivity index (χ3n) is 6.19. The van der Waals surface area contributed by atoms with Gasteiger partial charge in [-0.1, -0.05) is 49.6 Å². The topological polar surface area (TPSA) is 75.6 Å². The van der Waals surface area contributed by atoms with Crippen LogP contribution in [-0.2, 0) is 11.0 Å². The average molecular weight is 562 g/mol. The Balaban J connectivity index is 1.59. The highest BCUT2D eigenvalue weighted by atomic mass is 35.5. The third kappa shape index (κ3) is 9.32. The molecule has 0 radical (unpaired) electrons. The number of carbonyl (C=O) groups is 2. The molecule has 0 saturated carbocycles. The van der Waals surface area contributed by atoms with Gasteiger partial charge in [0, 0.05) is 34.7 Å². The van der Waals surface area contributed by atoms with Gasteiger partial charge in [-0.25, -0.2) is 0 Å². The highest BCUT2D eigenvalue weighted by molar-refractivity contribution is 6.33. The molecule has 5 nitrogen and oxygen atoms in total. The molecule has 0 spiro atoms. The molecule has 2 N–H and O–H groups in total. The van der Waals surface area contributed by atoms with Gasteiger partial charge in [0.1, 0.15) is 12.4 Å². The second-order valence-electron chi connectivity index (χ2n) is 9.26. The van der Waals surface area contributed by atoms with Crippen LogP contribution in [0, 0.1) is 0 Å². The molecular formula is C30H31ClF3NO4. The van der Waals surface area contributed by atoms with E-state index >= 15 is 0 Å². The van der Waals surface area contributed by atoms with Crippen molar-refractivity contribution in [3.8, 4) is 16.9 Å². The van der Waals surface area contributed by atoms with E-state index in [9.17, 15) is 22.8 Å². The molecule has 39 heavy (non-hydrogen) atoms. The monoisotopic (exact) mass is 561 g/mol. The number of aliphatic carboxylic acids is 1. The number of nitrogens with one attached hydrogen (secondary N) is 1. The summed E-state index contributed by atoms with van der Waals surface area (Å²) in [4.78, 5) is 22.9. The van der Waals surface area contributed by atoms with Crippen LogP contribution in [0.3, 0.4) is 0 Å². The van der Waals surface area contributed by atoms with Crippen molar-refractivity contribution < 1.29 is 32.6 Å². The summed E-state index contributed by atoms with van der Waals surface area (Å²) in [7, 11) is 0. The zero-order valence-corrected chi connectivity index (χ0v) is 22.3. The normalized spacial score (nSPS) is 12.1. The summed E-state index contributed by atoms with van der Waals surface area (Å²) in [6.45, 7) is 2.49. The van der Waals surface area contributed by atoms with Crippen LogP contribution in [0.25, 0.3) is 11.1 Å². The second kappa shape index (κ2) is 14.0. The molecule has 208 valence electrons. The summed E-state index contributed by atoms with van der Waals surface area (Å²) < 4.78 is 44.8. The lowest BCUT2D eigenvalue weighted by molar-refractivity contribution is -0.138. The lowest BCUT2D eigenvalue weighted by atomic mass is 10.0. The van der Waals surface area contributed by atoms with Crippen molar-refractivity contribution in [3.63, 3.8) is 0 Å². The lowest BCUT2D eigenvalue weighted by Gasteiger charge is -2.21. The van der Waals surface area contributed by atoms with Gasteiger partial charge >= 0.3 is 12.1 Å². The number of carboxylic acids is 1. The van der Waals surface area contributed by atoms with E-state index in [0.717, 1.165) is 37.1 Å². The summed E-state index contributed by atoms with van der Waals surface area (Å²) in [5.41, 5.74) is 1.77. The van der Waals surface area contributed by atoms with Crippen molar-refractivity contribution in [1.29, 1.82) is 0 Å². The van der Waals surface area contributed by atoms with Crippen LogP contribution in [0.1, 0.15) is 61.4 Å². The van der Waals surface area contributed by atoms with E-state index in [4.69, 9.17) is 21.4 Å². The molecule has 9 heteroatoms. The number of alkyl halides is 3. The molecule has 0 aliphatic carbocycles. The molecule has 0 bridgehead atoms. The van der Waals surface area contributed by atoms with Crippen molar-refractivity contribution in [2.75, 3.05) is 11.9 Å². The van der Waals surface area contributed by atoms with Crippen LogP contribution in [-0.4, -0.2) is 29.5 Å². The molecule has 0 heterocycles. The van der Waals surface area contributed by atoms with Gasteiger partial charge in [0.25, 0.3) is 0 Å². The standard InChI is InChI=1S/C30H31ClF3NO4/c1-2-3-5-24(35-23-13-8-21(9-14-23)28(36)6-4-7-29(37)38)19-39-25-15-10-20(11-16-25)26-17-12-22(18-27(26)31)30(32,33)34/h8-18,24,35H,2-7,19H2,1H3,(H,37,38)/t24-/m0/s1. The summed E-state index contributed by atoms with van der Waals surface area (Å²) in [6.07, 6.45) is -1.11. The van der Waals surface area contributed by atoms with Gasteiger partial charge in [0.05, 0.1) is 11.6 Å². The second-order valence-corrected chi connectivity index (χ2v) is 9.67. The van der Waals surface area contributed by atoms with Gasteiger partial charge in [-0.3, -0.25) is 9.59 Å². The molecule has 3 aromatic carbocycles. The van der Waals surface area contributed by atoms with Gasteiger partial charge in [0.15, 0.2) is 5.78 Å². The SMILES string of the molecule is CCCC[C@@H](COc1ccc(-c2ccc(C(F)(F)F)cc2Cl)cc1)Nc1ccc(C(=O)CCCC(=O)O)cc1. The largest absolute Gasteiger partial charge is 0.491 e. The van der Waals surface area contributed by atoms with E-state index in [-0.39, 0.29) is 29.7 Å². The van der Waals surface area contributed by atoms with Crippen LogP contribution in [0.15, 0.2) is 66.7 Å². The number of ether oxygens (including phenoxy) is 1. The van der Waals surface area contributed by atoms with Gasteiger partial charge in [-0.05, 0) is 66.9 Å². The number of unbranched alkanes of at least 4 members (excludes halogenated alkanes) is 1. The number of halogens is 4. The maximum absolute atomic E-state index is 12.9. The fourth-order valence-corrected chi connectivity index (χ4v) is 4.32. The first kappa shape index (κ1) is 30.0. The van der Waals surface area contributed by atoms with E-state index < -0.39 is 17.7 Å². The Kier molecular flexibility index (Phi) is 10.8. The lowest BCUT2D eigenvalue weighted by Crippen LogP contribution is -2.27. The Labute approximate surface area is 231 Å². The highest BCUT2D eigenvalue weighted by Gasteiger charge is 2.31. The maximum Gasteiger partial charge on any atom is 0.416 e. The predicted octanol–water partition coefficient (Wildman–Crippen LogP) is 8.51. The Hall–Kier alpha value is -3.52. The van der Waals surface area contributed by atoms with Crippen LogP contribution in [0.5, 0.6) is 5.75 Å². The fraction of sp³-hybridized carbons (Fsp3) is 0.333. The van der Waals surface area contributed by atoms with Gasteiger partial charge in [0.2, 0.25) is 0 Å². The van der Waals surface area contributed by atoms with Crippen LogP contribution in [0.2, 0.25) is 5.02 Å². The number of carboxylic acid groups (broad SMARTS) is 1. The Morgan fingerprint density at radius 2 is 1.67 bits per heavy atom. The summed E-state index contributed by atoms with van der Waals surface area (Å²) >= 11 is 6.12. The minimum absolute atomic E-state index is 0.00565. The Bertz CT molecular complexity index is 1240. The third-order valence-corrected chi connectivity index (χ3v) is 6.50. The molecule has 0 aliphatic rings. The molecule has 0 aliphatic heterocycles. The molecule has 3 aromatic rings. The fourth-order valence-electron chi connectivity index (χ4n) is 4.03. The smallest absolute Gasteiger partial charge is 0.416 e. The molecule has 0 fully saturated rings. The zero-order valence-electron chi connectivity index (χ0n) is 21.6. The zero-order chi connectivity index (χ0) is 28.4. The maximum atomic E-state index is 12.9. The Morgan fingerprint density at radius 3 is 2.26 bits per heavy atom. The number of hydrogen-bond acceptors (Lipinski definition) is 4. The number of carbonyl (C=O) groups excluding carboxylic acids is 1. The number of anilines is 1. The van der Waals surface area contributed by atoms with Crippen molar-refractivity contribution in [2.45, 2.75) is 57.7 Å². The quantitative estimate of drug-likeness (QED) is 0.193. The molecule has 1 atom stereocenters. The first-order valence-corrected chi connectivity index (χ1v) is 13.2. The highest BCUT2D eigenvalue weighted by Crippen LogP contribution is 2.36. The molecular weight excluding hydrogens is 531 g/mol. The van der Waals surface area contributed by atoms with E-state index in [1.165, 1.54) is 6.07 Å². The number of ketones is 1. The first-order chi connectivity index (χ1) is 18.6. The van der Waals surface area contributed by atoms with E-state index in [0.29, 0.717) is 35.5 Å². The van der Waals surface area contributed by atoms with Crippen LogP contribution >= 0.6 is 11.6 Å². The summed E-state index contributed by atoms with van der Waals surface area (Å²) in [5, 5.41) is 12.2. The molecule has 0 amide bonds. The van der Waals surface area contributed by atoms with E-state index in [2.05, 4.69) is 12.2 Å². The molecule has 0 unspecified atom stereocenters. The van der Waals surface area contributed by atoms with E-state index in [1.807, 2.05) is 12.1 Å². The van der Waals surface area contributed by atoms with Crippen molar-refractivity contribution in [3.05, 3.63) is 82.9 Å². The molecule has 0 saturated heterocycles. The van der Waals surface area contributed by atoms with Crippen LogP contribution in [0.4, 0.5) is 18.9 Å². The number of rotatable bonds is 14. The molecule has 3 rings (SSSR count). The van der Waals surface area contributed by atoms with Crippen molar-refractivity contribution >= 4 is 29.0 Å².